The normalized spacial score (nSPS) is 20.9. The minimum Gasteiger partial charge on any atom is -0.478 e. The van der Waals surface area contributed by atoms with Gasteiger partial charge in [-0.05, 0) is 67.1 Å². The first-order valence-corrected chi connectivity index (χ1v) is 11.5. The van der Waals surface area contributed by atoms with Crippen LogP contribution >= 0.6 is 0 Å². The molecule has 2 N–H and O–H groups in total. The van der Waals surface area contributed by atoms with Crippen molar-refractivity contribution >= 4 is 23.2 Å². The molecule has 2 amide bonds. The third-order valence-electron chi connectivity index (χ3n) is 6.62. The van der Waals surface area contributed by atoms with Crippen molar-refractivity contribution in [2.75, 3.05) is 43.4 Å². The number of amides is 2. The number of anilines is 2. The summed E-state index contributed by atoms with van der Waals surface area (Å²) in [6, 6.07) is 12.2. The van der Waals surface area contributed by atoms with Gasteiger partial charge in [-0.2, -0.15) is 0 Å². The molecular weight excluding hydrogens is 404 g/mol. The molecule has 2 fully saturated rings. The van der Waals surface area contributed by atoms with Gasteiger partial charge in [0.15, 0.2) is 6.10 Å². The number of carbonyl (C=O) groups excluding carboxylic acids is 2. The number of benzene rings is 2. The standard InChI is InChI=1S/C25H30N4O3/c1-16-24(30)27-22-14-17(13-21(18-3-4-18)23(22)32-16)15-28-9-11-29(12-10-28)20-7-5-19(6-8-20)25(31)26-2/h5-8,13-14,16,18H,3-4,9-12,15H2,1-2H3,(H,26,31)(H,27,30). The molecule has 2 aromatic rings. The first-order valence-electron chi connectivity index (χ1n) is 11.5. The van der Waals surface area contributed by atoms with E-state index in [0.29, 0.717) is 11.5 Å². The lowest BCUT2D eigenvalue weighted by Crippen LogP contribution is -2.46. The fourth-order valence-corrected chi connectivity index (χ4v) is 4.58. The summed E-state index contributed by atoms with van der Waals surface area (Å²) in [6.07, 6.45) is 1.95. The minimum atomic E-state index is -0.440. The lowest BCUT2D eigenvalue weighted by atomic mass is 10.0. The Morgan fingerprint density at radius 1 is 1.12 bits per heavy atom. The van der Waals surface area contributed by atoms with Crippen LogP contribution in [0.5, 0.6) is 5.75 Å². The van der Waals surface area contributed by atoms with Crippen molar-refractivity contribution in [1.29, 1.82) is 0 Å². The Hall–Kier alpha value is -3.06. The highest BCUT2D eigenvalue weighted by Gasteiger charge is 2.33. The van der Waals surface area contributed by atoms with Gasteiger partial charge in [-0.3, -0.25) is 14.5 Å². The molecule has 32 heavy (non-hydrogen) atoms. The fourth-order valence-electron chi connectivity index (χ4n) is 4.58. The second-order valence-electron chi connectivity index (χ2n) is 8.97. The topological polar surface area (TPSA) is 73.9 Å². The van der Waals surface area contributed by atoms with Gasteiger partial charge < -0.3 is 20.3 Å². The maximum Gasteiger partial charge on any atom is 0.265 e. The zero-order chi connectivity index (χ0) is 22.2. The lowest BCUT2D eigenvalue weighted by Gasteiger charge is -2.36. The summed E-state index contributed by atoms with van der Waals surface area (Å²) in [4.78, 5) is 28.7. The molecule has 2 aromatic carbocycles. The van der Waals surface area contributed by atoms with Crippen LogP contribution in [0.2, 0.25) is 0 Å². The Balaban J connectivity index is 1.24. The lowest BCUT2D eigenvalue weighted by molar-refractivity contribution is -0.122. The number of rotatable bonds is 5. The summed E-state index contributed by atoms with van der Waals surface area (Å²) >= 11 is 0. The molecule has 3 aliphatic rings. The van der Waals surface area contributed by atoms with Crippen molar-refractivity contribution in [2.45, 2.75) is 38.3 Å². The molecule has 1 saturated heterocycles. The molecule has 1 aliphatic carbocycles. The molecular formula is C25H30N4O3. The van der Waals surface area contributed by atoms with Gasteiger partial charge >= 0.3 is 0 Å². The van der Waals surface area contributed by atoms with E-state index in [1.807, 2.05) is 24.3 Å². The van der Waals surface area contributed by atoms with Crippen LogP contribution in [0.1, 0.15) is 47.2 Å². The molecule has 1 saturated carbocycles. The molecule has 0 aromatic heterocycles. The van der Waals surface area contributed by atoms with E-state index in [9.17, 15) is 9.59 Å². The van der Waals surface area contributed by atoms with Gasteiger partial charge in [0.2, 0.25) is 0 Å². The maximum absolute atomic E-state index is 12.1. The summed E-state index contributed by atoms with van der Waals surface area (Å²) in [5.74, 6) is 1.29. The van der Waals surface area contributed by atoms with Crippen molar-refractivity contribution in [2.24, 2.45) is 0 Å². The molecule has 2 heterocycles. The van der Waals surface area contributed by atoms with E-state index >= 15 is 0 Å². The largest absolute Gasteiger partial charge is 0.478 e. The fraction of sp³-hybridized carbons (Fsp3) is 0.440. The summed E-state index contributed by atoms with van der Waals surface area (Å²) in [7, 11) is 1.65. The van der Waals surface area contributed by atoms with Crippen molar-refractivity contribution < 1.29 is 14.3 Å². The highest BCUT2D eigenvalue weighted by molar-refractivity contribution is 5.98. The van der Waals surface area contributed by atoms with Crippen molar-refractivity contribution in [1.82, 2.24) is 10.2 Å². The van der Waals surface area contributed by atoms with E-state index in [-0.39, 0.29) is 11.8 Å². The summed E-state index contributed by atoms with van der Waals surface area (Å²) in [5, 5.41) is 5.69. The number of hydrogen-bond acceptors (Lipinski definition) is 5. The first kappa shape index (κ1) is 20.8. The van der Waals surface area contributed by atoms with Gasteiger partial charge in [0.25, 0.3) is 11.8 Å². The molecule has 7 heteroatoms. The van der Waals surface area contributed by atoms with E-state index in [2.05, 4.69) is 32.6 Å². The van der Waals surface area contributed by atoms with E-state index in [1.54, 1.807) is 14.0 Å². The molecule has 7 nitrogen and oxygen atoms in total. The number of carbonyl (C=O) groups is 2. The van der Waals surface area contributed by atoms with Crippen LogP contribution in [0, 0.1) is 0 Å². The van der Waals surface area contributed by atoms with Crippen LogP contribution in [0.4, 0.5) is 11.4 Å². The van der Waals surface area contributed by atoms with Crippen molar-refractivity contribution in [3.63, 3.8) is 0 Å². The van der Waals surface area contributed by atoms with Crippen LogP contribution in [-0.4, -0.2) is 56.0 Å². The third kappa shape index (κ3) is 4.17. The highest BCUT2D eigenvalue weighted by atomic mass is 16.5. The average Bonchev–Trinajstić information content (AvgIpc) is 3.65. The second kappa shape index (κ2) is 8.47. The quantitative estimate of drug-likeness (QED) is 0.757. The Labute approximate surface area is 188 Å². The van der Waals surface area contributed by atoms with E-state index in [4.69, 9.17) is 4.74 Å². The van der Waals surface area contributed by atoms with E-state index < -0.39 is 6.10 Å². The molecule has 5 rings (SSSR count). The van der Waals surface area contributed by atoms with Gasteiger partial charge in [0.05, 0.1) is 5.69 Å². The van der Waals surface area contributed by atoms with Crippen LogP contribution in [0.3, 0.4) is 0 Å². The zero-order valence-electron chi connectivity index (χ0n) is 18.7. The SMILES string of the molecule is CNC(=O)c1ccc(N2CCN(Cc3cc4c(c(C5CC5)c3)OC(C)C(=O)N4)CC2)cc1. The van der Waals surface area contributed by atoms with Gasteiger partial charge in [0.1, 0.15) is 5.75 Å². The van der Waals surface area contributed by atoms with E-state index in [1.165, 1.54) is 24.0 Å². The number of ether oxygens (including phenoxy) is 1. The maximum atomic E-state index is 12.1. The number of piperazine rings is 1. The predicted octanol–water partition coefficient (Wildman–Crippen LogP) is 2.97. The van der Waals surface area contributed by atoms with Crippen molar-refractivity contribution in [3.8, 4) is 5.75 Å². The van der Waals surface area contributed by atoms with Gasteiger partial charge in [0, 0.05) is 51.0 Å². The monoisotopic (exact) mass is 434 g/mol. The average molecular weight is 435 g/mol. The Morgan fingerprint density at radius 3 is 2.50 bits per heavy atom. The van der Waals surface area contributed by atoms with Gasteiger partial charge in [-0.15, -0.1) is 0 Å². The summed E-state index contributed by atoms with van der Waals surface area (Å²) < 4.78 is 5.96. The van der Waals surface area contributed by atoms with Crippen LogP contribution in [0.15, 0.2) is 36.4 Å². The third-order valence-corrected chi connectivity index (χ3v) is 6.62. The van der Waals surface area contributed by atoms with Crippen LogP contribution < -0.4 is 20.3 Å². The molecule has 0 bridgehead atoms. The first-order chi connectivity index (χ1) is 15.5. The number of nitrogens with one attached hydrogen (secondary N) is 2. The van der Waals surface area contributed by atoms with Gasteiger partial charge in [-0.25, -0.2) is 0 Å². The Morgan fingerprint density at radius 2 is 1.84 bits per heavy atom. The predicted molar refractivity (Wildman–Crippen MR) is 124 cm³/mol. The molecule has 2 aliphatic heterocycles. The molecule has 1 atom stereocenters. The smallest absolute Gasteiger partial charge is 0.265 e. The molecule has 1 unspecified atom stereocenters. The number of fused-ring (bicyclic) bond motifs is 1. The van der Waals surface area contributed by atoms with Crippen LogP contribution in [-0.2, 0) is 11.3 Å². The number of hydrogen-bond donors (Lipinski definition) is 2. The zero-order valence-corrected chi connectivity index (χ0v) is 18.7. The summed E-state index contributed by atoms with van der Waals surface area (Å²) in [6.45, 7) is 6.48. The van der Waals surface area contributed by atoms with Gasteiger partial charge in [-0.1, -0.05) is 6.07 Å². The molecule has 0 spiro atoms. The van der Waals surface area contributed by atoms with Crippen molar-refractivity contribution in [3.05, 3.63) is 53.1 Å². The highest BCUT2D eigenvalue weighted by Crippen LogP contribution is 2.48. The number of nitrogens with zero attached hydrogens (tertiary/aromatic N) is 2. The second-order valence-corrected chi connectivity index (χ2v) is 8.97. The van der Waals surface area contributed by atoms with E-state index in [0.717, 1.165) is 49.8 Å². The Bertz CT molecular complexity index is 1020. The summed E-state index contributed by atoms with van der Waals surface area (Å²) in [5.41, 5.74) is 5.13. The Kier molecular flexibility index (Phi) is 5.51. The molecule has 168 valence electrons. The minimum absolute atomic E-state index is 0.0620. The molecule has 0 radical (unpaired) electrons. The van der Waals surface area contributed by atoms with Crippen LogP contribution in [0.25, 0.3) is 0 Å².